The fraction of sp³-hybridized carbons (Fsp3) is 0.118. The molecule has 4 aromatic carbocycles. The van der Waals surface area contributed by atoms with Crippen LogP contribution in [0.3, 0.4) is 0 Å². The molecule has 0 bridgehead atoms. The van der Waals surface area contributed by atoms with Gasteiger partial charge in [0.2, 0.25) is 11.8 Å². The maximum Gasteiger partial charge on any atom is 0.272 e. The molecule has 4 aromatic rings. The van der Waals surface area contributed by atoms with Crippen LogP contribution in [0.1, 0.15) is 22.3 Å². The lowest BCUT2D eigenvalue weighted by Crippen LogP contribution is -2.31. The van der Waals surface area contributed by atoms with Crippen molar-refractivity contribution < 1.29 is 28.7 Å². The zero-order chi connectivity index (χ0) is 32.8. The van der Waals surface area contributed by atoms with Gasteiger partial charge in [0.15, 0.2) is 11.5 Å². The monoisotopic (exact) mass is 763 g/mol. The fourth-order valence-electron chi connectivity index (χ4n) is 4.72. The van der Waals surface area contributed by atoms with Crippen LogP contribution >= 0.6 is 43.6 Å². The van der Waals surface area contributed by atoms with E-state index in [1.807, 2.05) is 0 Å². The molecule has 1 aliphatic heterocycles. The molecule has 5 rings (SSSR count). The largest absolute Gasteiger partial charge is 0.493 e. The summed E-state index contributed by atoms with van der Waals surface area (Å²) >= 11 is 8.11. The van der Waals surface area contributed by atoms with Crippen molar-refractivity contribution in [3.8, 4) is 11.5 Å². The van der Waals surface area contributed by atoms with Gasteiger partial charge < -0.3 is 20.1 Å². The number of imide groups is 1. The van der Waals surface area contributed by atoms with Gasteiger partial charge in [0.25, 0.3) is 11.8 Å². The first-order valence-corrected chi connectivity index (χ1v) is 16.3. The number of benzene rings is 4. The van der Waals surface area contributed by atoms with Gasteiger partial charge in [-0.1, -0.05) is 56.1 Å². The second kappa shape index (κ2) is 14.8. The summed E-state index contributed by atoms with van der Waals surface area (Å²) in [6.45, 7) is 0. The number of rotatable bonds is 10. The molecule has 234 valence electrons. The second-order valence-corrected chi connectivity index (χ2v) is 13.0. The molecule has 12 heteroatoms. The van der Waals surface area contributed by atoms with Crippen LogP contribution < -0.4 is 25.0 Å². The van der Waals surface area contributed by atoms with E-state index in [-0.39, 0.29) is 23.9 Å². The molecular weight excluding hydrogens is 738 g/mol. The van der Waals surface area contributed by atoms with Crippen LogP contribution in [0, 0.1) is 0 Å². The SMILES string of the molecule is COc1ccc(Br)c(/C=C(\NC(=O)c2ccccc2)C(=O)Nc2cccc(S[C@H]3CC(=O)N(c4ccc(Br)cc4)C3=O)c2)c1OC. The van der Waals surface area contributed by atoms with Gasteiger partial charge in [0.05, 0.1) is 25.2 Å². The van der Waals surface area contributed by atoms with E-state index >= 15 is 0 Å². The summed E-state index contributed by atoms with van der Waals surface area (Å²) < 4.78 is 12.4. The average Bonchev–Trinajstić information content (AvgIpc) is 3.33. The lowest BCUT2D eigenvalue weighted by atomic mass is 10.1. The van der Waals surface area contributed by atoms with Crippen LogP contribution in [0.15, 0.2) is 111 Å². The van der Waals surface area contributed by atoms with Crippen molar-refractivity contribution in [3.05, 3.63) is 117 Å². The number of nitrogens with one attached hydrogen (secondary N) is 2. The van der Waals surface area contributed by atoms with Gasteiger partial charge in [-0.3, -0.25) is 19.2 Å². The Labute approximate surface area is 286 Å². The van der Waals surface area contributed by atoms with Crippen molar-refractivity contribution >= 4 is 84.7 Å². The summed E-state index contributed by atoms with van der Waals surface area (Å²) in [6, 6.07) is 25.9. The molecule has 46 heavy (non-hydrogen) atoms. The highest BCUT2D eigenvalue weighted by Gasteiger charge is 2.40. The molecule has 1 atom stereocenters. The van der Waals surface area contributed by atoms with E-state index in [0.29, 0.717) is 43.4 Å². The van der Waals surface area contributed by atoms with E-state index in [9.17, 15) is 19.2 Å². The number of hydrogen-bond donors (Lipinski definition) is 2. The van der Waals surface area contributed by atoms with Crippen LogP contribution in [0.4, 0.5) is 11.4 Å². The highest BCUT2D eigenvalue weighted by Crippen LogP contribution is 2.38. The van der Waals surface area contributed by atoms with Gasteiger partial charge >= 0.3 is 0 Å². The van der Waals surface area contributed by atoms with Crippen molar-refractivity contribution in [1.29, 1.82) is 0 Å². The normalized spacial score (nSPS) is 14.7. The number of methoxy groups -OCH3 is 2. The summed E-state index contributed by atoms with van der Waals surface area (Å²) in [7, 11) is 2.98. The molecule has 0 saturated carbocycles. The zero-order valence-electron chi connectivity index (χ0n) is 24.6. The molecule has 0 aromatic heterocycles. The van der Waals surface area contributed by atoms with Crippen molar-refractivity contribution in [2.45, 2.75) is 16.6 Å². The van der Waals surface area contributed by atoms with Gasteiger partial charge in [-0.15, -0.1) is 11.8 Å². The van der Waals surface area contributed by atoms with Gasteiger partial charge in [-0.05, 0) is 72.8 Å². The third-order valence-electron chi connectivity index (χ3n) is 6.91. The molecule has 2 N–H and O–H groups in total. The predicted octanol–water partition coefficient (Wildman–Crippen LogP) is 7.06. The maximum atomic E-state index is 13.7. The van der Waals surface area contributed by atoms with Crippen LogP contribution in [0.2, 0.25) is 0 Å². The van der Waals surface area contributed by atoms with E-state index in [2.05, 4.69) is 42.5 Å². The Morgan fingerprint density at radius 3 is 2.35 bits per heavy atom. The van der Waals surface area contributed by atoms with Crippen LogP contribution in [0.5, 0.6) is 11.5 Å². The molecule has 1 aliphatic rings. The van der Waals surface area contributed by atoms with E-state index in [0.717, 1.165) is 4.47 Å². The van der Waals surface area contributed by atoms with Crippen LogP contribution in [0.25, 0.3) is 6.08 Å². The highest BCUT2D eigenvalue weighted by atomic mass is 79.9. The van der Waals surface area contributed by atoms with Crippen molar-refractivity contribution in [1.82, 2.24) is 5.32 Å². The minimum atomic E-state index is -0.624. The summed E-state index contributed by atoms with van der Waals surface area (Å²) in [4.78, 5) is 54.7. The first-order chi connectivity index (χ1) is 22.2. The minimum Gasteiger partial charge on any atom is -0.493 e. The van der Waals surface area contributed by atoms with Gasteiger partial charge in [0.1, 0.15) is 5.70 Å². The fourth-order valence-corrected chi connectivity index (χ4v) is 6.52. The Bertz CT molecular complexity index is 1830. The number of hydrogen-bond acceptors (Lipinski definition) is 7. The quantitative estimate of drug-likeness (QED) is 0.131. The number of halogens is 2. The Morgan fingerprint density at radius 2 is 1.65 bits per heavy atom. The number of thioether (sulfide) groups is 1. The number of carbonyl (C=O) groups excluding carboxylic acids is 4. The maximum absolute atomic E-state index is 13.7. The van der Waals surface area contributed by atoms with Crippen molar-refractivity contribution in [3.63, 3.8) is 0 Å². The summed E-state index contributed by atoms with van der Waals surface area (Å²) in [5.41, 5.74) is 1.72. The molecule has 4 amide bonds. The Balaban J connectivity index is 1.39. The van der Waals surface area contributed by atoms with Crippen LogP contribution in [-0.2, 0) is 14.4 Å². The smallest absolute Gasteiger partial charge is 0.272 e. The predicted molar refractivity (Wildman–Crippen MR) is 185 cm³/mol. The number of carbonyl (C=O) groups is 4. The molecule has 0 aliphatic carbocycles. The standard InChI is InChI=1S/C34H27Br2N3O6S/c1-44-28-16-15-26(36)25(31(28)45-2)18-27(38-32(41)20-7-4-3-5-8-20)33(42)37-22-9-6-10-24(17-22)46-29-19-30(40)39(34(29)43)23-13-11-21(35)12-14-23/h3-18,29H,19H2,1-2H3,(H,37,42)(H,38,41)/b27-18-/t29-/m0/s1. The Morgan fingerprint density at radius 1 is 0.913 bits per heavy atom. The van der Waals surface area contributed by atoms with Crippen LogP contribution in [-0.4, -0.2) is 43.1 Å². The minimum absolute atomic E-state index is 0.0474. The number of ether oxygens (including phenoxy) is 2. The third kappa shape index (κ3) is 7.52. The first kappa shape index (κ1) is 33.0. The topological polar surface area (TPSA) is 114 Å². The van der Waals surface area contributed by atoms with Gasteiger partial charge in [-0.2, -0.15) is 0 Å². The second-order valence-electron chi connectivity index (χ2n) is 9.91. The number of nitrogens with zero attached hydrogens (tertiary/aromatic N) is 1. The Hall–Kier alpha value is -4.39. The van der Waals surface area contributed by atoms with E-state index < -0.39 is 17.1 Å². The van der Waals surface area contributed by atoms with Crippen molar-refractivity contribution in [2.75, 3.05) is 24.4 Å². The average molecular weight is 765 g/mol. The number of amides is 4. The molecule has 1 saturated heterocycles. The molecule has 1 fully saturated rings. The summed E-state index contributed by atoms with van der Waals surface area (Å²) in [5, 5.41) is 4.94. The zero-order valence-corrected chi connectivity index (χ0v) is 28.6. The Kier molecular flexibility index (Phi) is 10.6. The van der Waals surface area contributed by atoms with E-state index in [4.69, 9.17) is 9.47 Å². The van der Waals surface area contributed by atoms with Gasteiger partial charge in [-0.25, -0.2) is 4.90 Å². The lowest BCUT2D eigenvalue weighted by molar-refractivity contribution is -0.121. The first-order valence-electron chi connectivity index (χ1n) is 13.9. The van der Waals surface area contributed by atoms with E-state index in [1.165, 1.54) is 37.0 Å². The van der Waals surface area contributed by atoms with Crippen molar-refractivity contribution in [2.24, 2.45) is 0 Å². The lowest BCUT2D eigenvalue weighted by Gasteiger charge is -2.16. The molecule has 0 radical (unpaired) electrons. The molecule has 0 unspecified atom stereocenters. The van der Waals surface area contributed by atoms with Gasteiger partial charge in [0, 0.05) is 37.1 Å². The highest BCUT2D eigenvalue weighted by molar-refractivity contribution is 9.10. The molecule has 1 heterocycles. The molecule has 0 spiro atoms. The molecular formula is C34H27Br2N3O6S. The number of anilines is 2. The summed E-state index contributed by atoms with van der Waals surface area (Å²) in [6.07, 6.45) is 1.55. The summed E-state index contributed by atoms with van der Waals surface area (Å²) in [5.74, 6) is -0.867. The third-order valence-corrected chi connectivity index (χ3v) is 9.31. The van der Waals surface area contributed by atoms with E-state index in [1.54, 1.807) is 91.0 Å². The molecule has 9 nitrogen and oxygen atoms in total.